The van der Waals surface area contributed by atoms with Gasteiger partial charge in [-0.15, -0.1) is 5.10 Å². The number of nitrogens with zero attached hydrogens (tertiary/aromatic N) is 5. The fourth-order valence-corrected chi connectivity index (χ4v) is 2.20. The highest BCUT2D eigenvalue weighted by atomic mass is 16.4. The summed E-state index contributed by atoms with van der Waals surface area (Å²) < 4.78 is 5.40. The third-order valence-corrected chi connectivity index (χ3v) is 3.37. The van der Waals surface area contributed by atoms with Crippen molar-refractivity contribution in [3.05, 3.63) is 5.89 Å². The van der Waals surface area contributed by atoms with Crippen molar-refractivity contribution >= 4 is 12.0 Å². The lowest BCUT2D eigenvalue weighted by molar-refractivity contribution is 0.153. The van der Waals surface area contributed by atoms with E-state index in [1.807, 2.05) is 28.5 Å². The highest BCUT2D eigenvalue weighted by molar-refractivity contribution is 5.74. The minimum absolute atomic E-state index is 0.117. The van der Waals surface area contributed by atoms with E-state index in [4.69, 9.17) is 4.42 Å². The van der Waals surface area contributed by atoms with Crippen molar-refractivity contribution in [1.82, 2.24) is 20.0 Å². The highest BCUT2D eigenvalue weighted by Crippen LogP contribution is 2.14. The summed E-state index contributed by atoms with van der Waals surface area (Å²) in [5, 5.41) is 7.83. The third-order valence-electron chi connectivity index (χ3n) is 3.37. The van der Waals surface area contributed by atoms with E-state index < -0.39 is 0 Å². The quantitative estimate of drug-likeness (QED) is 0.816. The average Bonchev–Trinajstić information content (AvgIpc) is 2.87. The number of anilines is 1. The van der Waals surface area contributed by atoms with Crippen molar-refractivity contribution < 1.29 is 9.21 Å². The minimum atomic E-state index is 0.117. The predicted octanol–water partition coefficient (Wildman–Crippen LogP) is 0.962. The zero-order valence-corrected chi connectivity index (χ0v) is 11.8. The number of urea groups is 1. The van der Waals surface area contributed by atoms with Gasteiger partial charge in [0.2, 0.25) is 5.89 Å². The fourth-order valence-electron chi connectivity index (χ4n) is 2.20. The molecule has 0 bridgehead atoms. The second kappa shape index (κ2) is 5.90. The van der Waals surface area contributed by atoms with Crippen LogP contribution in [0.25, 0.3) is 0 Å². The van der Waals surface area contributed by atoms with E-state index in [0.29, 0.717) is 25.0 Å². The molecule has 0 aliphatic carbocycles. The molecule has 1 saturated heterocycles. The topological polar surface area (TPSA) is 65.7 Å². The van der Waals surface area contributed by atoms with Gasteiger partial charge in [0.05, 0.1) is 0 Å². The summed E-state index contributed by atoms with van der Waals surface area (Å²) in [7, 11) is 0. The molecule has 0 N–H and O–H groups in total. The Kier molecular flexibility index (Phi) is 4.24. The van der Waals surface area contributed by atoms with Crippen LogP contribution in [-0.2, 0) is 0 Å². The Balaban J connectivity index is 1.90. The van der Waals surface area contributed by atoms with E-state index in [0.717, 1.165) is 26.2 Å². The van der Waals surface area contributed by atoms with E-state index in [1.165, 1.54) is 0 Å². The molecule has 0 atom stereocenters. The first-order valence-corrected chi connectivity index (χ1v) is 6.74. The Labute approximate surface area is 113 Å². The first kappa shape index (κ1) is 13.6. The van der Waals surface area contributed by atoms with Gasteiger partial charge in [0.1, 0.15) is 0 Å². The van der Waals surface area contributed by atoms with Crippen LogP contribution in [0, 0.1) is 6.92 Å². The van der Waals surface area contributed by atoms with Crippen molar-refractivity contribution in [2.24, 2.45) is 0 Å². The summed E-state index contributed by atoms with van der Waals surface area (Å²) in [6.07, 6.45) is 0. The van der Waals surface area contributed by atoms with Gasteiger partial charge in [-0.1, -0.05) is 5.10 Å². The molecule has 2 amide bonds. The Morgan fingerprint density at radius 3 is 2.32 bits per heavy atom. The van der Waals surface area contributed by atoms with Gasteiger partial charge in [-0.2, -0.15) is 0 Å². The molecule has 1 fully saturated rings. The summed E-state index contributed by atoms with van der Waals surface area (Å²) in [5.74, 6) is 0.566. The first-order chi connectivity index (χ1) is 9.15. The number of hydrogen-bond donors (Lipinski definition) is 0. The van der Waals surface area contributed by atoms with Crippen LogP contribution in [0.15, 0.2) is 4.42 Å². The van der Waals surface area contributed by atoms with E-state index in [2.05, 4.69) is 10.2 Å². The average molecular weight is 267 g/mol. The number of aromatic nitrogens is 2. The fraction of sp³-hybridized carbons (Fsp3) is 0.750. The Morgan fingerprint density at radius 2 is 1.84 bits per heavy atom. The maximum atomic E-state index is 12.2. The molecule has 7 nitrogen and oxygen atoms in total. The molecule has 0 spiro atoms. The summed E-state index contributed by atoms with van der Waals surface area (Å²) in [4.78, 5) is 17.9. The molecule has 0 saturated carbocycles. The molecule has 0 aromatic carbocycles. The van der Waals surface area contributed by atoms with Crippen molar-refractivity contribution in [3.63, 3.8) is 0 Å². The molecule has 0 radical (unpaired) electrons. The van der Waals surface area contributed by atoms with Gasteiger partial charge < -0.3 is 19.1 Å². The molecule has 106 valence electrons. The monoisotopic (exact) mass is 267 g/mol. The van der Waals surface area contributed by atoms with Gasteiger partial charge in [-0.3, -0.25) is 0 Å². The number of rotatable bonds is 3. The molecular weight excluding hydrogens is 246 g/mol. The minimum Gasteiger partial charge on any atom is -0.408 e. The van der Waals surface area contributed by atoms with E-state index >= 15 is 0 Å². The highest BCUT2D eigenvalue weighted by Gasteiger charge is 2.25. The second-order valence-corrected chi connectivity index (χ2v) is 4.53. The molecule has 1 aliphatic heterocycles. The molecule has 2 heterocycles. The standard InChI is InChI=1S/C12H21N5O2/c1-4-15(5-2)12(18)17-8-6-16(7-9-17)11-14-13-10(3)19-11/h4-9H2,1-3H3. The van der Waals surface area contributed by atoms with Gasteiger partial charge in [0.25, 0.3) is 0 Å². The van der Waals surface area contributed by atoms with Crippen LogP contribution in [0.4, 0.5) is 10.8 Å². The van der Waals surface area contributed by atoms with Crippen LogP contribution in [0.1, 0.15) is 19.7 Å². The van der Waals surface area contributed by atoms with Gasteiger partial charge >= 0.3 is 12.0 Å². The van der Waals surface area contributed by atoms with Crippen molar-refractivity contribution in [2.75, 3.05) is 44.2 Å². The van der Waals surface area contributed by atoms with Crippen LogP contribution in [0.5, 0.6) is 0 Å². The van der Waals surface area contributed by atoms with E-state index in [9.17, 15) is 4.79 Å². The van der Waals surface area contributed by atoms with Crippen molar-refractivity contribution in [1.29, 1.82) is 0 Å². The Bertz CT molecular complexity index is 422. The Morgan fingerprint density at radius 1 is 1.21 bits per heavy atom. The van der Waals surface area contributed by atoms with Crippen molar-refractivity contribution in [2.45, 2.75) is 20.8 Å². The number of carbonyl (C=O) groups is 1. The first-order valence-electron chi connectivity index (χ1n) is 6.74. The van der Waals surface area contributed by atoms with Crippen molar-refractivity contribution in [3.8, 4) is 0 Å². The zero-order chi connectivity index (χ0) is 13.8. The van der Waals surface area contributed by atoms with Gasteiger partial charge in [0.15, 0.2) is 0 Å². The number of aryl methyl sites for hydroxylation is 1. The molecule has 1 aliphatic rings. The van der Waals surface area contributed by atoms with Gasteiger partial charge in [-0.05, 0) is 13.8 Å². The lowest BCUT2D eigenvalue weighted by Crippen LogP contribution is -2.53. The number of hydrogen-bond acceptors (Lipinski definition) is 5. The number of carbonyl (C=O) groups excluding carboxylic acids is 1. The van der Waals surface area contributed by atoms with Crippen LogP contribution >= 0.6 is 0 Å². The van der Waals surface area contributed by atoms with E-state index in [1.54, 1.807) is 6.92 Å². The molecule has 2 rings (SSSR count). The largest absolute Gasteiger partial charge is 0.408 e. The smallest absolute Gasteiger partial charge is 0.320 e. The van der Waals surface area contributed by atoms with Crippen LogP contribution < -0.4 is 4.90 Å². The molecule has 7 heteroatoms. The summed E-state index contributed by atoms with van der Waals surface area (Å²) in [6.45, 7) is 10.1. The zero-order valence-electron chi connectivity index (χ0n) is 11.8. The number of piperazine rings is 1. The molecule has 19 heavy (non-hydrogen) atoms. The summed E-state index contributed by atoms with van der Waals surface area (Å²) in [5.41, 5.74) is 0. The predicted molar refractivity (Wildman–Crippen MR) is 71.1 cm³/mol. The second-order valence-electron chi connectivity index (χ2n) is 4.53. The normalized spacial score (nSPS) is 15.7. The summed E-state index contributed by atoms with van der Waals surface area (Å²) in [6, 6.07) is 0.666. The van der Waals surface area contributed by atoms with Crippen LogP contribution in [-0.4, -0.2) is 65.3 Å². The van der Waals surface area contributed by atoms with Gasteiger partial charge in [0, 0.05) is 46.2 Å². The summed E-state index contributed by atoms with van der Waals surface area (Å²) >= 11 is 0. The SMILES string of the molecule is CCN(CC)C(=O)N1CCN(c2nnc(C)o2)CC1. The lowest BCUT2D eigenvalue weighted by atomic mass is 10.3. The lowest BCUT2D eigenvalue weighted by Gasteiger charge is -2.36. The van der Waals surface area contributed by atoms with Crippen LogP contribution in [0.3, 0.4) is 0 Å². The molecule has 0 unspecified atom stereocenters. The Hall–Kier alpha value is -1.79. The van der Waals surface area contributed by atoms with Gasteiger partial charge in [-0.25, -0.2) is 4.79 Å². The molecule has 1 aromatic heterocycles. The molecule has 1 aromatic rings. The maximum absolute atomic E-state index is 12.2. The maximum Gasteiger partial charge on any atom is 0.320 e. The van der Waals surface area contributed by atoms with Crippen LogP contribution in [0.2, 0.25) is 0 Å². The molecular formula is C12H21N5O2. The van der Waals surface area contributed by atoms with E-state index in [-0.39, 0.29) is 6.03 Å². The number of amides is 2. The third kappa shape index (κ3) is 2.97.